The number of aliphatic hydroxyl groups is 1. The lowest BCUT2D eigenvalue weighted by Gasteiger charge is -2.34. The van der Waals surface area contributed by atoms with Crippen LogP contribution in [0.2, 0.25) is 0 Å². The molecule has 202 valence electrons. The zero-order valence-electron chi connectivity index (χ0n) is 23.6. The van der Waals surface area contributed by atoms with Gasteiger partial charge < -0.3 is 15.1 Å². The molecule has 6 heteroatoms. The largest absolute Gasteiger partial charge is 0.480 e. The molecule has 0 spiro atoms. The van der Waals surface area contributed by atoms with Gasteiger partial charge in [0.1, 0.15) is 6.04 Å². The molecule has 6 nitrogen and oxygen atoms in total. The lowest BCUT2D eigenvalue weighted by atomic mass is 9.69. The number of nitrogens with zero attached hydrogens (tertiary/aromatic N) is 1. The summed E-state index contributed by atoms with van der Waals surface area (Å²) in [6.07, 6.45) is 2.82. The molecule has 1 amide bonds. The van der Waals surface area contributed by atoms with Gasteiger partial charge in [0, 0.05) is 30.0 Å². The van der Waals surface area contributed by atoms with Crippen LogP contribution in [0.25, 0.3) is 0 Å². The fourth-order valence-electron chi connectivity index (χ4n) is 5.13. The van der Waals surface area contributed by atoms with E-state index in [2.05, 4.69) is 19.9 Å². The summed E-state index contributed by atoms with van der Waals surface area (Å²) in [5.41, 5.74) is 3.68. The number of carboxylic acid groups (broad SMARTS) is 1. The molecular weight excluding hydrogens is 466 g/mol. The number of ketones is 1. The minimum absolute atomic E-state index is 0.0488. The molecule has 2 N–H and O–H groups in total. The minimum atomic E-state index is -1.05. The van der Waals surface area contributed by atoms with E-state index >= 15 is 0 Å². The molecule has 0 saturated carbocycles. The first-order chi connectivity index (χ1) is 17.3. The summed E-state index contributed by atoms with van der Waals surface area (Å²) in [4.78, 5) is 38.6. The Hall–Kier alpha value is -2.99. The Kier molecular flexibility index (Phi) is 9.84. The standard InChI is InChI=1S/C31H43NO5/c1-9-30(37,10-2)19-27(33)25-15-13-23(17-20(25)5)31(11-3,12-4)24-14-16-26(21(6)18-24)28(34)32(8)22(7)29(35)36/h13-18,22,37H,9-12,19H2,1-8H3,(H,35,36). The molecule has 0 heterocycles. The van der Waals surface area contributed by atoms with Crippen molar-refractivity contribution in [1.82, 2.24) is 4.90 Å². The number of benzene rings is 2. The van der Waals surface area contributed by atoms with Gasteiger partial charge in [-0.25, -0.2) is 4.79 Å². The highest BCUT2D eigenvalue weighted by Crippen LogP contribution is 2.40. The average molecular weight is 510 g/mol. The summed E-state index contributed by atoms with van der Waals surface area (Å²) in [5, 5.41) is 19.9. The summed E-state index contributed by atoms with van der Waals surface area (Å²) in [5.74, 6) is -1.42. The van der Waals surface area contributed by atoms with Gasteiger partial charge in [-0.3, -0.25) is 9.59 Å². The van der Waals surface area contributed by atoms with E-state index in [4.69, 9.17) is 0 Å². The molecule has 2 aromatic carbocycles. The second-order valence-electron chi connectivity index (χ2n) is 10.3. The van der Waals surface area contributed by atoms with E-state index in [0.717, 1.165) is 35.1 Å². The number of carboxylic acids is 1. The number of carbonyl (C=O) groups excluding carboxylic acids is 2. The van der Waals surface area contributed by atoms with E-state index < -0.39 is 17.6 Å². The van der Waals surface area contributed by atoms with Gasteiger partial charge in [0.25, 0.3) is 5.91 Å². The van der Waals surface area contributed by atoms with Gasteiger partial charge in [0.2, 0.25) is 0 Å². The first kappa shape index (κ1) is 30.2. The molecular formula is C31H43NO5. The third kappa shape index (κ3) is 6.12. The third-order valence-electron chi connectivity index (χ3n) is 8.36. The molecule has 0 radical (unpaired) electrons. The molecule has 1 atom stereocenters. The predicted molar refractivity (Wildman–Crippen MR) is 147 cm³/mol. The fourth-order valence-corrected chi connectivity index (χ4v) is 5.13. The summed E-state index contributed by atoms with van der Waals surface area (Å²) in [6.45, 7) is 13.4. The quantitative estimate of drug-likeness (QED) is 0.338. The second-order valence-corrected chi connectivity index (χ2v) is 10.3. The van der Waals surface area contributed by atoms with Crippen molar-refractivity contribution >= 4 is 17.7 Å². The summed E-state index contributed by atoms with van der Waals surface area (Å²) in [7, 11) is 1.50. The van der Waals surface area contributed by atoms with Crippen molar-refractivity contribution in [2.24, 2.45) is 0 Å². The third-order valence-corrected chi connectivity index (χ3v) is 8.36. The van der Waals surface area contributed by atoms with E-state index in [-0.39, 0.29) is 23.5 Å². The van der Waals surface area contributed by atoms with Crippen molar-refractivity contribution < 1.29 is 24.6 Å². The Morgan fingerprint density at radius 1 is 0.838 bits per heavy atom. The predicted octanol–water partition coefficient (Wildman–Crippen LogP) is 6.08. The van der Waals surface area contributed by atoms with Crippen molar-refractivity contribution in [3.63, 3.8) is 0 Å². The number of likely N-dealkylation sites (N-methyl/N-ethyl adjacent to an activating group) is 1. The van der Waals surface area contributed by atoms with Crippen LogP contribution in [0.5, 0.6) is 0 Å². The molecule has 1 unspecified atom stereocenters. The van der Waals surface area contributed by atoms with E-state index in [1.54, 1.807) is 6.07 Å². The molecule has 0 aromatic heterocycles. The summed E-state index contributed by atoms with van der Waals surface area (Å²) in [6, 6.07) is 10.8. The Morgan fingerprint density at radius 3 is 1.68 bits per heavy atom. The maximum Gasteiger partial charge on any atom is 0.326 e. The highest BCUT2D eigenvalue weighted by molar-refractivity contribution is 5.98. The molecule has 0 aliphatic rings. The van der Waals surface area contributed by atoms with Crippen molar-refractivity contribution in [1.29, 1.82) is 0 Å². The van der Waals surface area contributed by atoms with Gasteiger partial charge in [-0.2, -0.15) is 0 Å². The molecule has 0 aliphatic heterocycles. The minimum Gasteiger partial charge on any atom is -0.480 e. The van der Waals surface area contributed by atoms with Crippen molar-refractivity contribution in [2.75, 3.05) is 7.05 Å². The Bertz CT molecular complexity index is 1140. The first-order valence-electron chi connectivity index (χ1n) is 13.3. The lowest BCUT2D eigenvalue weighted by molar-refractivity contribution is -0.141. The molecule has 2 aromatic rings. The van der Waals surface area contributed by atoms with E-state index in [1.165, 1.54) is 18.9 Å². The number of amides is 1. The van der Waals surface area contributed by atoms with Crippen LogP contribution in [-0.2, 0) is 10.2 Å². The van der Waals surface area contributed by atoms with Crippen LogP contribution in [0.3, 0.4) is 0 Å². The second kappa shape index (κ2) is 12.0. The smallest absolute Gasteiger partial charge is 0.326 e. The average Bonchev–Trinajstić information content (AvgIpc) is 2.88. The van der Waals surface area contributed by atoms with Gasteiger partial charge >= 0.3 is 5.97 Å². The highest BCUT2D eigenvalue weighted by Gasteiger charge is 2.33. The first-order valence-corrected chi connectivity index (χ1v) is 13.3. The number of carbonyl (C=O) groups is 3. The zero-order chi connectivity index (χ0) is 28.1. The number of rotatable bonds is 12. The summed E-state index contributed by atoms with van der Waals surface area (Å²) >= 11 is 0. The number of aryl methyl sites for hydroxylation is 2. The van der Waals surface area contributed by atoms with Crippen LogP contribution >= 0.6 is 0 Å². The van der Waals surface area contributed by atoms with Gasteiger partial charge in [0.15, 0.2) is 5.78 Å². The van der Waals surface area contributed by atoms with E-state index in [9.17, 15) is 24.6 Å². The zero-order valence-corrected chi connectivity index (χ0v) is 23.6. The Balaban J connectivity index is 2.48. The van der Waals surface area contributed by atoms with Crippen molar-refractivity contribution in [2.45, 2.75) is 97.6 Å². The van der Waals surface area contributed by atoms with Crippen molar-refractivity contribution in [3.05, 3.63) is 69.8 Å². The van der Waals surface area contributed by atoms with Crippen LogP contribution < -0.4 is 0 Å². The van der Waals surface area contributed by atoms with E-state index in [0.29, 0.717) is 24.0 Å². The molecule has 0 bridgehead atoms. The number of Topliss-reactive ketones (excluding diaryl/α,β-unsaturated/α-hetero) is 1. The highest BCUT2D eigenvalue weighted by atomic mass is 16.4. The van der Waals surface area contributed by atoms with Gasteiger partial charge in [-0.15, -0.1) is 0 Å². The maximum absolute atomic E-state index is 13.0. The number of aliphatic carboxylic acids is 1. The van der Waals surface area contributed by atoms with Gasteiger partial charge in [-0.05, 0) is 74.8 Å². The lowest BCUT2D eigenvalue weighted by Crippen LogP contribution is -2.40. The number of hydrogen-bond acceptors (Lipinski definition) is 4. The van der Waals surface area contributed by atoms with Crippen LogP contribution in [0.4, 0.5) is 0 Å². The normalized spacial score (nSPS) is 12.8. The Labute approximate surface area is 221 Å². The number of hydrogen-bond donors (Lipinski definition) is 2. The monoisotopic (exact) mass is 509 g/mol. The Morgan fingerprint density at radius 2 is 1.30 bits per heavy atom. The summed E-state index contributed by atoms with van der Waals surface area (Å²) < 4.78 is 0. The topological polar surface area (TPSA) is 94.9 Å². The fraction of sp³-hybridized carbons (Fsp3) is 0.516. The van der Waals surface area contributed by atoms with Crippen LogP contribution in [0, 0.1) is 13.8 Å². The molecule has 37 heavy (non-hydrogen) atoms. The van der Waals surface area contributed by atoms with Crippen LogP contribution in [0.1, 0.15) is 110 Å². The maximum atomic E-state index is 13.0. The van der Waals surface area contributed by atoms with Crippen LogP contribution in [-0.4, -0.2) is 51.5 Å². The molecule has 0 fully saturated rings. The molecule has 2 rings (SSSR count). The van der Waals surface area contributed by atoms with Gasteiger partial charge in [-0.1, -0.05) is 58.0 Å². The SMILES string of the molecule is CCC(O)(CC)CC(=O)c1ccc(C(CC)(CC)c2ccc(C(=O)N(C)C(C)C(=O)O)c(C)c2)cc1C. The molecule has 0 saturated heterocycles. The van der Waals surface area contributed by atoms with Gasteiger partial charge in [0.05, 0.1) is 5.60 Å². The van der Waals surface area contributed by atoms with Crippen molar-refractivity contribution in [3.8, 4) is 0 Å². The van der Waals surface area contributed by atoms with E-state index in [1.807, 2.05) is 52.0 Å². The van der Waals surface area contributed by atoms with Crippen LogP contribution in [0.15, 0.2) is 36.4 Å². The molecule has 0 aliphatic carbocycles.